The van der Waals surface area contributed by atoms with Crippen LogP contribution >= 0.6 is 0 Å². The van der Waals surface area contributed by atoms with E-state index in [1.807, 2.05) is 6.92 Å². The molecule has 25 heavy (non-hydrogen) atoms. The predicted octanol–water partition coefficient (Wildman–Crippen LogP) is 6.26. The minimum atomic E-state index is -1.95. The van der Waals surface area contributed by atoms with E-state index in [1.165, 1.54) is 0 Å². The number of aliphatic carboxylic acids is 1. The zero-order valence-electron chi connectivity index (χ0n) is 17.7. The van der Waals surface area contributed by atoms with Crippen LogP contribution in [-0.2, 0) is 9.22 Å². The van der Waals surface area contributed by atoms with Gasteiger partial charge in [-0.1, -0.05) is 68.4 Å². The summed E-state index contributed by atoms with van der Waals surface area (Å²) in [4.78, 5) is 12.1. The van der Waals surface area contributed by atoms with Crippen molar-refractivity contribution in [1.82, 2.24) is 0 Å². The van der Waals surface area contributed by atoms with Crippen molar-refractivity contribution < 1.29 is 14.3 Å². The van der Waals surface area contributed by atoms with Gasteiger partial charge in [0.15, 0.2) is 0 Å². The highest BCUT2D eigenvalue weighted by molar-refractivity contribution is 6.77. The van der Waals surface area contributed by atoms with Gasteiger partial charge in [0.25, 0.3) is 0 Å². The molecular weight excluding hydrogens is 328 g/mol. The molecule has 0 aromatic carbocycles. The van der Waals surface area contributed by atoms with Crippen LogP contribution in [0.15, 0.2) is 12.2 Å². The Bertz CT molecular complexity index is 462. The predicted molar refractivity (Wildman–Crippen MR) is 108 cm³/mol. The molecule has 0 heterocycles. The first-order valence-electron chi connectivity index (χ1n) is 9.99. The van der Waals surface area contributed by atoms with E-state index in [9.17, 15) is 9.90 Å². The monoisotopic (exact) mass is 368 g/mol. The second kappa shape index (κ2) is 8.39. The topological polar surface area (TPSA) is 46.5 Å². The van der Waals surface area contributed by atoms with Crippen molar-refractivity contribution >= 4 is 14.3 Å². The van der Waals surface area contributed by atoms with Crippen molar-refractivity contribution in [2.75, 3.05) is 6.61 Å². The Morgan fingerprint density at radius 2 is 1.64 bits per heavy atom. The van der Waals surface area contributed by atoms with Crippen molar-refractivity contribution in [3.63, 3.8) is 0 Å². The second-order valence-corrected chi connectivity index (χ2v) is 14.6. The molecule has 3 nitrogen and oxygen atoms in total. The van der Waals surface area contributed by atoms with Crippen LogP contribution in [0.5, 0.6) is 0 Å². The maximum atomic E-state index is 12.1. The smallest absolute Gasteiger partial charge is 0.310 e. The first-order valence-corrected chi connectivity index (χ1v) is 12.1. The van der Waals surface area contributed by atoms with E-state index in [0.717, 1.165) is 24.8 Å². The van der Waals surface area contributed by atoms with Crippen LogP contribution in [0, 0.1) is 17.3 Å². The molecule has 0 amide bonds. The first kappa shape index (κ1) is 22.4. The third-order valence-corrected chi connectivity index (χ3v) is 13.2. The molecule has 146 valence electrons. The zero-order valence-corrected chi connectivity index (χ0v) is 18.7. The van der Waals surface area contributed by atoms with E-state index in [4.69, 9.17) is 4.43 Å². The molecule has 1 aliphatic rings. The molecule has 1 saturated carbocycles. The third kappa shape index (κ3) is 3.90. The third-order valence-electron chi connectivity index (χ3n) is 7.10. The molecule has 0 bridgehead atoms. The van der Waals surface area contributed by atoms with Gasteiger partial charge < -0.3 is 9.53 Å². The van der Waals surface area contributed by atoms with Gasteiger partial charge in [-0.3, -0.25) is 4.79 Å². The fraction of sp³-hybridized carbons (Fsp3) is 0.857. The van der Waals surface area contributed by atoms with E-state index in [1.54, 1.807) is 0 Å². The Morgan fingerprint density at radius 1 is 1.16 bits per heavy atom. The lowest BCUT2D eigenvalue weighted by Gasteiger charge is -2.43. The van der Waals surface area contributed by atoms with E-state index in [2.05, 4.69) is 55.0 Å². The normalized spacial score (nSPS) is 25.8. The summed E-state index contributed by atoms with van der Waals surface area (Å²) in [6.45, 7) is 22.6. The number of carboxylic acids is 1. The van der Waals surface area contributed by atoms with Gasteiger partial charge in [0.05, 0.1) is 12.0 Å². The fourth-order valence-electron chi connectivity index (χ4n) is 5.56. The fourth-order valence-corrected chi connectivity index (χ4v) is 11.0. The molecule has 1 aliphatic carbocycles. The van der Waals surface area contributed by atoms with Gasteiger partial charge in [0.2, 0.25) is 8.32 Å². The number of carbonyl (C=O) groups is 1. The summed E-state index contributed by atoms with van der Waals surface area (Å²) < 4.78 is 6.66. The first-order chi connectivity index (χ1) is 11.4. The van der Waals surface area contributed by atoms with Gasteiger partial charge in [-0.25, -0.2) is 0 Å². The highest BCUT2D eigenvalue weighted by atomic mass is 28.4. The lowest BCUT2D eigenvalue weighted by molar-refractivity contribution is -0.154. The molecule has 0 spiro atoms. The SMILES string of the molecule is C=C(CO[Si](C(C)C)(C(C)C)C(C)C)[C@H](C)[C@]1(C(=O)O)CCC[C@H]1C. The Labute approximate surface area is 156 Å². The van der Waals surface area contributed by atoms with Crippen molar-refractivity contribution in [3.05, 3.63) is 12.2 Å². The standard InChI is InChI=1S/C21H40O3Si/c1-14(2)25(15(3)4,16(5)6)24-13-17(7)19(9)21(20(22)23)12-10-11-18(21)8/h14-16,18-19H,7,10-13H2,1-6,8-9H3,(H,22,23)/t18-,19+,21+/m1/s1. The molecule has 0 aromatic heterocycles. The van der Waals surface area contributed by atoms with Gasteiger partial charge in [-0.2, -0.15) is 0 Å². The van der Waals surface area contributed by atoms with Crippen LogP contribution in [0.2, 0.25) is 16.6 Å². The molecule has 0 aliphatic heterocycles. The summed E-state index contributed by atoms with van der Waals surface area (Å²) >= 11 is 0. The summed E-state index contributed by atoms with van der Waals surface area (Å²) in [5.41, 5.74) is 1.85. The van der Waals surface area contributed by atoms with Crippen LogP contribution in [0.3, 0.4) is 0 Å². The highest BCUT2D eigenvalue weighted by Crippen LogP contribution is 2.51. The van der Waals surface area contributed by atoms with Gasteiger partial charge >= 0.3 is 5.97 Å². The highest BCUT2D eigenvalue weighted by Gasteiger charge is 2.52. The average Bonchev–Trinajstić information content (AvgIpc) is 2.88. The largest absolute Gasteiger partial charge is 0.481 e. The Morgan fingerprint density at radius 3 is 1.96 bits per heavy atom. The van der Waals surface area contributed by atoms with Crippen LogP contribution in [0.25, 0.3) is 0 Å². The molecule has 3 atom stereocenters. The van der Waals surface area contributed by atoms with Crippen LogP contribution < -0.4 is 0 Å². The molecule has 1 N–H and O–H groups in total. The van der Waals surface area contributed by atoms with E-state index >= 15 is 0 Å². The van der Waals surface area contributed by atoms with E-state index in [-0.39, 0.29) is 11.8 Å². The Balaban J connectivity index is 2.99. The van der Waals surface area contributed by atoms with Crippen LogP contribution in [0.4, 0.5) is 0 Å². The molecular formula is C21H40O3Si. The molecule has 0 aromatic rings. The maximum absolute atomic E-state index is 12.1. The second-order valence-electron chi connectivity index (χ2n) is 9.13. The van der Waals surface area contributed by atoms with Gasteiger partial charge in [0, 0.05) is 0 Å². The summed E-state index contributed by atoms with van der Waals surface area (Å²) in [6.07, 6.45) is 2.74. The number of carboxylic acid groups (broad SMARTS) is 1. The Kier molecular flexibility index (Phi) is 7.52. The lowest BCUT2D eigenvalue weighted by Crippen LogP contribution is -2.49. The van der Waals surface area contributed by atoms with Crippen LogP contribution in [0.1, 0.15) is 74.7 Å². The minimum absolute atomic E-state index is 0.0549. The number of hydrogen-bond donors (Lipinski definition) is 1. The van der Waals surface area contributed by atoms with Crippen molar-refractivity contribution in [2.45, 2.75) is 91.3 Å². The van der Waals surface area contributed by atoms with Gasteiger partial charge in [0.1, 0.15) is 0 Å². The summed E-state index contributed by atoms with van der Waals surface area (Å²) in [7, 11) is -1.95. The average molecular weight is 369 g/mol. The quantitative estimate of drug-likeness (QED) is 0.386. The zero-order chi connectivity index (χ0) is 19.6. The van der Waals surface area contributed by atoms with Crippen molar-refractivity contribution in [2.24, 2.45) is 17.3 Å². The molecule has 0 unspecified atom stereocenters. The van der Waals surface area contributed by atoms with Crippen molar-refractivity contribution in [3.8, 4) is 0 Å². The Hall–Kier alpha value is -0.613. The molecule has 1 rings (SSSR count). The maximum Gasteiger partial charge on any atom is 0.310 e. The molecule has 0 radical (unpaired) electrons. The lowest BCUT2D eigenvalue weighted by atomic mass is 9.67. The van der Waals surface area contributed by atoms with E-state index in [0.29, 0.717) is 23.2 Å². The summed E-state index contributed by atoms with van der Waals surface area (Å²) in [5, 5.41) is 9.97. The number of rotatable bonds is 9. The summed E-state index contributed by atoms with van der Waals surface area (Å²) in [5.74, 6) is -0.522. The molecule has 1 fully saturated rings. The number of hydrogen-bond acceptors (Lipinski definition) is 2. The van der Waals surface area contributed by atoms with Crippen molar-refractivity contribution in [1.29, 1.82) is 0 Å². The minimum Gasteiger partial charge on any atom is -0.481 e. The summed E-state index contributed by atoms with van der Waals surface area (Å²) in [6, 6.07) is 0. The van der Waals surface area contributed by atoms with Gasteiger partial charge in [-0.05, 0) is 46.9 Å². The molecule has 4 heteroatoms. The van der Waals surface area contributed by atoms with Crippen LogP contribution in [-0.4, -0.2) is 26.0 Å². The van der Waals surface area contributed by atoms with Gasteiger partial charge in [-0.15, -0.1) is 0 Å². The van der Waals surface area contributed by atoms with E-state index < -0.39 is 19.7 Å². The molecule has 0 saturated heterocycles.